The molecule has 0 bridgehead atoms. The average molecular weight is 276 g/mol. The Kier molecular flexibility index (Phi) is 4.31. The van der Waals surface area contributed by atoms with Crippen LogP contribution in [0.4, 0.5) is 5.69 Å². The number of aryl methyl sites for hydroxylation is 2. The number of aromatic nitrogens is 1. The summed E-state index contributed by atoms with van der Waals surface area (Å²) in [6, 6.07) is 2.20. The fourth-order valence-electron chi connectivity index (χ4n) is 3.20. The van der Waals surface area contributed by atoms with Crippen LogP contribution in [0.1, 0.15) is 54.9 Å². The summed E-state index contributed by atoms with van der Waals surface area (Å²) in [6.07, 6.45) is 3.57. The first kappa shape index (κ1) is 14.8. The van der Waals surface area contributed by atoms with Crippen molar-refractivity contribution in [1.82, 2.24) is 4.98 Å². The molecule has 1 saturated carbocycles. The van der Waals surface area contributed by atoms with E-state index in [2.05, 4.69) is 24.1 Å². The second kappa shape index (κ2) is 5.81. The summed E-state index contributed by atoms with van der Waals surface area (Å²) in [7, 11) is 0. The minimum absolute atomic E-state index is 0.307. The van der Waals surface area contributed by atoms with E-state index in [1.807, 2.05) is 13.0 Å². The van der Waals surface area contributed by atoms with E-state index >= 15 is 0 Å². The van der Waals surface area contributed by atoms with E-state index in [1.54, 1.807) is 6.92 Å². The van der Waals surface area contributed by atoms with E-state index in [-0.39, 0.29) is 0 Å². The van der Waals surface area contributed by atoms with Gasteiger partial charge in [0.25, 0.3) is 0 Å². The van der Waals surface area contributed by atoms with Crippen molar-refractivity contribution in [1.29, 1.82) is 0 Å². The maximum absolute atomic E-state index is 11.5. The summed E-state index contributed by atoms with van der Waals surface area (Å²) in [6.45, 7) is 8.19. The van der Waals surface area contributed by atoms with E-state index in [0.29, 0.717) is 34.8 Å². The van der Waals surface area contributed by atoms with Gasteiger partial charge in [-0.15, -0.1) is 0 Å². The van der Waals surface area contributed by atoms with Crippen molar-refractivity contribution in [3.63, 3.8) is 0 Å². The molecule has 0 aliphatic heterocycles. The van der Waals surface area contributed by atoms with Gasteiger partial charge in [-0.05, 0) is 38.2 Å². The highest BCUT2D eigenvalue weighted by atomic mass is 16.4. The number of pyridine rings is 1. The van der Waals surface area contributed by atoms with Crippen LogP contribution in [0.5, 0.6) is 0 Å². The lowest BCUT2D eigenvalue weighted by molar-refractivity contribution is 0.0696. The molecule has 20 heavy (non-hydrogen) atoms. The molecule has 110 valence electrons. The van der Waals surface area contributed by atoms with E-state index in [0.717, 1.165) is 12.1 Å². The van der Waals surface area contributed by atoms with E-state index < -0.39 is 5.97 Å². The summed E-state index contributed by atoms with van der Waals surface area (Å²) in [5.41, 5.74) is 2.46. The van der Waals surface area contributed by atoms with E-state index in [1.165, 1.54) is 12.8 Å². The highest BCUT2D eigenvalue weighted by Crippen LogP contribution is 2.32. The molecule has 4 nitrogen and oxygen atoms in total. The Morgan fingerprint density at radius 2 is 2.05 bits per heavy atom. The van der Waals surface area contributed by atoms with Gasteiger partial charge in [-0.1, -0.05) is 26.7 Å². The molecule has 4 heteroatoms. The van der Waals surface area contributed by atoms with Gasteiger partial charge in [-0.25, -0.2) is 4.79 Å². The summed E-state index contributed by atoms with van der Waals surface area (Å²) in [4.78, 5) is 15.7. The van der Waals surface area contributed by atoms with Crippen molar-refractivity contribution >= 4 is 11.7 Å². The zero-order valence-corrected chi connectivity index (χ0v) is 12.7. The molecule has 0 spiro atoms. The third-order valence-corrected chi connectivity index (χ3v) is 4.59. The summed E-state index contributed by atoms with van der Waals surface area (Å²) in [5.74, 6) is 0.326. The smallest absolute Gasteiger partial charge is 0.339 e. The number of carboxylic acid groups (broad SMARTS) is 1. The number of carboxylic acids is 1. The molecular formula is C16H24N2O2. The molecule has 1 aromatic rings. The van der Waals surface area contributed by atoms with Crippen LogP contribution in [0.3, 0.4) is 0 Å². The number of hydrogen-bond donors (Lipinski definition) is 2. The lowest BCUT2D eigenvalue weighted by atomic mass is 9.78. The summed E-state index contributed by atoms with van der Waals surface area (Å²) < 4.78 is 0. The van der Waals surface area contributed by atoms with Gasteiger partial charge in [0, 0.05) is 11.7 Å². The quantitative estimate of drug-likeness (QED) is 0.885. The van der Waals surface area contributed by atoms with Crippen molar-refractivity contribution < 1.29 is 9.90 Å². The number of carbonyl (C=O) groups is 1. The minimum Gasteiger partial charge on any atom is -0.478 e. The van der Waals surface area contributed by atoms with Crippen molar-refractivity contribution in [2.45, 2.75) is 53.0 Å². The van der Waals surface area contributed by atoms with Gasteiger partial charge in [-0.3, -0.25) is 4.98 Å². The normalized spacial score (nSPS) is 26.3. The molecule has 3 atom stereocenters. The summed E-state index contributed by atoms with van der Waals surface area (Å²) >= 11 is 0. The van der Waals surface area contributed by atoms with Gasteiger partial charge < -0.3 is 10.4 Å². The number of nitrogens with zero attached hydrogens (tertiary/aromatic N) is 1. The zero-order valence-electron chi connectivity index (χ0n) is 12.7. The topological polar surface area (TPSA) is 62.2 Å². The first-order chi connectivity index (χ1) is 9.40. The molecule has 1 aromatic heterocycles. The average Bonchev–Trinajstić information content (AvgIpc) is 2.33. The van der Waals surface area contributed by atoms with Gasteiger partial charge in [0.15, 0.2) is 0 Å². The van der Waals surface area contributed by atoms with Crippen molar-refractivity contribution in [2.24, 2.45) is 11.8 Å². The lowest BCUT2D eigenvalue weighted by Gasteiger charge is -2.35. The molecule has 0 amide bonds. The Hall–Kier alpha value is -1.58. The van der Waals surface area contributed by atoms with Gasteiger partial charge in [0.1, 0.15) is 5.56 Å². The molecule has 0 radical (unpaired) electrons. The summed E-state index contributed by atoms with van der Waals surface area (Å²) in [5, 5.41) is 12.9. The minimum atomic E-state index is -0.908. The second-order valence-electron chi connectivity index (χ2n) is 6.09. The fourth-order valence-corrected chi connectivity index (χ4v) is 3.20. The molecule has 0 aromatic carbocycles. The first-order valence-corrected chi connectivity index (χ1v) is 7.38. The van der Waals surface area contributed by atoms with Crippen LogP contribution in [0.2, 0.25) is 0 Å². The standard InChI is InChI=1S/C16H24N2O2/c1-9-6-5-7-13(11(9)3)18-14-8-10(2)17-12(4)15(14)16(19)20/h8-9,11,13H,5-7H2,1-4H3,(H,17,18)(H,19,20). The molecule has 2 rings (SSSR count). The number of anilines is 1. The zero-order chi connectivity index (χ0) is 14.9. The largest absolute Gasteiger partial charge is 0.478 e. The van der Waals surface area contributed by atoms with Crippen LogP contribution in [-0.2, 0) is 0 Å². The van der Waals surface area contributed by atoms with Gasteiger partial charge in [-0.2, -0.15) is 0 Å². The molecule has 1 aliphatic carbocycles. The predicted molar refractivity (Wildman–Crippen MR) is 80.3 cm³/mol. The Balaban J connectivity index is 2.30. The molecule has 0 saturated heterocycles. The molecule has 1 fully saturated rings. The van der Waals surface area contributed by atoms with Crippen molar-refractivity contribution in [3.8, 4) is 0 Å². The van der Waals surface area contributed by atoms with Crippen LogP contribution in [0, 0.1) is 25.7 Å². The highest BCUT2D eigenvalue weighted by molar-refractivity contribution is 5.95. The van der Waals surface area contributed by atoms with E-state index in [4.69, 9.17) is 0 Å². The number of nitrogens with one attached hydrogen (secondary N) is 1. The van der Waals surface area contributed by atoms with Crippen LogP contribution in [0.15, 0.2) is 6.07 Å². The first-order valence-electron chi connectivity index (χ1n) is 7.38. The third kappa shape index (κ3) is 2.94. The third-order valence-electron chi connectivity index (χ3n) is 4.59. The van der Waals surface area contributed by atoms with Crippen LogP contribution >= 0.6 is 0 Å². The molecule has 1 heterocycles. The van der Waals surface area contributed by atoms with Crippen LogP contribution < -0.4 is 5.32 Å². The van der Waals surface area contributed by atoms with Gasteiger partial charge in [0.05, 0.1) is 11.4 Å². The number of rotatable bonds is 3. The number of aromatic carboxylic acids is 1. The highest BCUT2D eigenvalue weighted by Gasteiger charge is 2.28. The maximum atomic E-state index is 11.5. The maximum Gasteiger partial charge on any atom is 0.339 e. The molecule has 1 aliphatic rings. The predicted octanol–water partition coefficient (Wildman–Crippen LogP) is 3.63. The second-order valence-corrected chi connectivity index (χ2v) is 6.09. The van der Waals surface area contributed by atoms with Gasteiger partial charge in [0.2, 0.25) is 0 Å². The van der Waals surface area contributed by atoms with E-state index in [9.17, 15) is 9.90 Å². The van der Waals surface area contributed by atoms with Crippen molar-refractivity contribution in [2.75, 3.05) is 5.32 Å². The Bertz CT molecular complexity index is 513. The molecule has 2 N–H and O–H groups in total. The Morgan fingerprint density at radius 1 is 1.35 bits per heavy atom. The Labute approximate surface area is 120 Å². The molecular weight excluding hydrogens is 252 g/mol. The van der Waals surface area contributed by atoms with Crippen LogP contribution in [0.25, 0.3) is 0 Å². The fraction of sp³-hybridized carbons (Fsp3) is 0.625. The SMILES string of the molecule is Cc1cc(NC2CCCC(C)C2C)c(C(=O)O)c(C)n1. The lowest BCUT2D eigenvalue weighted by Crippen LogP contribution is -2.35. The van der Waals surface area contributed by atoms with Crippen LogP contribution in [-0.4, -0.2) is 22.1 Å². The Morgan fingerprint density at radius 3 is 2.70 bits per heavy atom. The monoisotopic (exact) mass is 276 g/mol. The molecule has 3 unspecified atom stereocenters. The number of hydrogen-bond acceptors (Lipinski definition) is 3. The van der Waals surface area contributed by atoms with Crippen molar-refractivity contribution in [3.05, 3.63) is 23.0 Å². The van der Waals surface area contributed by atoms with Gasteiger partial charge >= 0.3 is 5.97 Å².